The molecule has 0 aromatic heterocycles. The average Bonchev–Trinajstić information content (AvgIpc) is 2.48. The molecule has 2 rings (SSSR count). The van der Waals surface area contributed by atoms with E-state index in [4.69, 9.17) is 5.73 Å². The van der Waals surface area contributed by atoms with E-state index in [1.807, 2.05) is 4.90 Å². The highest BCUT2D eigenvalue weighted by Gasteiger charge is 2.38. The Morgan fingerprint density at radius 2 is 1.74 bits per heavy atom. The Morgan fingerprint density at radius 1 is 1.11 bits per heavy atom. The fourth-order valence-corrected chi connectivity index (χ4v) is 3.66. The molecule has 0 spiro atoms. The molecule has 2 N–H and O–H groups in total. The van der Waals surface area contributed by atoms with Crippen LogP contribution in [0.1, 0.15) is 51.9 Å². The summed E-state index contributed by atoms with van der Waals surface area (Å²) in [5, 5.41) is 0. The third-order valence-electron chi connectivity index (χ3n) is 4.93. The molecule has 2 aliphatic rings. The number of piperazine rings is 1. The van der Waals surface area contributed by atoms with Crippen LogP contribution in [-0.2, 0) is 4.79 Å². The van der Waals surface area contributed by atoms with Gasteiger partial charge in [-0.15, -0.1) is 0 Å². The molecule has 1 aliphatic carbocycles. The van der Waals surface area contributed by atoms with E-state index >= 15 is 0 Å². The fourth-order valence-electron chi connectivity index (χ4n) is 3.66. The molecule has 110 valence electrons. The van der Waals surface area contributed by atoms with E-state index in [-0.39, 0.29) is 5.54 Å². The van der Waals surface area contributed by atoms with Crippen LogP contribution in [0.3, 0.4) is 0 Å². The second-order valence-electron chi connectivity index (χ2n) is 6.11. The number of rotatable bonds is 4. The summed E-state index contributed by atoms with van der Waals surface area (Å²) in [6.45, 7) is 6.63. The first-order valence-electron chi connectivity index (χ1n) is 7.95. The van der Waals surface area contributed by atoms with Crippen molar-refractivity contribution in [2.45, 2.75) is 57.4 Å². The Hall–Kier alpha value is -0.610. The van der Waals surface area contributed by atoms with Gasteiger partial charge in [-0.1, -0.05) is 26.2 Å². The molecule has 0 bridgehead atoms. The van der Waals surface area contributed by atoms with Crippen LogP contribution in [0.25, 0.3) is 0 Å². The molecule has 1 saturated heterocycles. The van der Waals surface area contributed by atoms with E-state index in [0.29, 0.717) is 12.3 Å². The van der Waals surface area contributed by atoms with Gasteiger partial charge in [-0.05, 0) is 19.3 Å². The van der Waals surface area contributed by atoms with E-state index in [1.54, 1.807) is 0 Å². The van der Waals surface area contributed by atoms with Gasteiger partial charge in [-0.25, -0.2) is 0 Å². The van der Waals surface area contributed by atoms with Crippen molar-refractivity contribution in [1.82, 2.24) is 9.80 Å². The van der Waals surface area contributed by atoms with Crippen LogP contribution in [-0.4, -0.2) is 54.0 Å². The summed E-state index contributed by atoms with van der Waals surface area (Å²) in [6.07, 6.45) is 8.11. The number of hydrogen-bond donors (Lipinski definition) is 1. The maximum absolute atomic E-state index is 11.9. The Morgan fingerprint density at radius 3 is 2.26 bits per heavy atom. The van der Waals surface area contributed by atoms with E-state index in [1.165, 1.54) is 32.1 Å². The molecule has 4 nitrogen and oxygen atoms in total. The van der Waals surface area contributed by atoms with Crippen molar-refractivity contribution < 1.29 is 4.79 Å². The summed E-state index contributed by atoms with van der Waals surface area (Å²) in [4.78, 5) is 16.5. The monoisotopic (exact) mass is 267 g/mol. The summed E-state index contributed by atoms with van der Waals surface area (Å²) < 4.78 is 0. The minimum absolute atomic E-state index is 0.234. The van der Waals surface area contributed by atoms with Gasteiger partial charge < -0.3 is 10.6 Å². The molecule has 2 fully saturated rings. The van der Waals surface area contributed by atoms with Crippen molar-refractivity contribution in [2.24, 2.45) is 5.73 Å². The van der Waals surface area contributed by atoms with Gasteiger partial charge in [0, 0.05) is 44.7 Å². The highest BCUT2D eigenvalue weighted by Crippen LogP contribution is 2.33. The molecule has 0 aromatic rings. The Kier molecular flexibility index (Phi) is 5.22. The van der Waals surface area contributed by atoms with Gasteiger partial charge >= 0.3 is 0 Å². The molecule has 0 radical (unpaired) electrons. The van der Waals surface area contributed by atoms with Gasteiger partial charge in [0.25, 0.3) is 0 Å². The van der Waals surface area contributed by atoms with Gasteiger partial charge in [0.05, 0.1) is 0 Å². The maximum Gasteiger partial charge on any atom is 0.222 e. The third-order valence-corrected chi connectivity index (χ3v) is 4.93. The van der Waals surface area contributed by atoms with E-state index in [2.05, 4.69) is 11.8 Å². The van der Waals surface area contributed by atoms with Crippen LogP contribution in [0.5, 0.6) is 0 Å². The summed E-state index contributed by atoms with van der Waals surface area (Å²) in [5.74, 6) is 0.326. The lowest BCUT2D eigenvalue weighted by atomic mass is 9.80. The first kappa shape index (κ1) is 14.8. The normalized spacial score (nSPS) is 24.4. The Bertz CT molecular complexity index is 292. The molecule has 0 unspecified atom stereocenters. The summed E-state index contributed by atoms with van der Waals surface area (Å²) >= 11 is 0. The van der Waals surface area contributed by atoms with Crippen LogP contribution in [0.15, 0.2) is 0 Å². The average molecular weight is 267 g/mol. The predicted octanol–water partition coefficient (Wildman–Crippen LogP) is 1.59. The largest absolute Gasteiger partial charge is 0.340 e. The van der Waals surface area contributed by atoms with Crippen molar-refractivity contribution in [3.05, 3.63) is 0 Å². The Balaban J connectivity index is 1.89. The highest BCUT2D eigenvalue weighted by atomic mass is 16.2. The van der Waals surface area contributed by atoms with Crippen molar-refractivity contribution >= 4 is 5.91 Å². The van der Waals surface area contributed by atoms with Gasteiger partial charge in [-0.2, -0.15) is 0 Å². The molecule has 0 atom stereocenters. The topological polar surface area (TPSA) is 49.6 Å². The van der Waals surface area contributed by atoms with Crippen LogP contribution in [0.4, 0.5) is 0 Å². The van der Waals surface area contributed by atoms with E-state index in [0.717, 1.165) is 39.1 Å². The lowest BCUT2D eigenvalue weighted by Crippen LogP contribution is -2.61. The zero-order valence-electron chi connectivity index (χ0n) is 12.4. The second-order valence-corrected chi connectivity index (χ2v) is 6.11. The lowest BCUT2D eigenvalue weighted by molar-refractivity contribution is -0.134. The molecule has 0 aromatic carbocycles. The van der Waals surface area contributed by atoms with Crippen molar-refractivity contribution in [2.75, 3.05) is 32.7 Å². The Labute approximate surface area is 117 Å². The second kappa shape index (κ2) is 6.71. The molecular formula is C15H29N3O. The number of nitrogens with zero attached hydrogens (tertiary/aromatic N) is 2. The minimum atomic E-state index is 0.234. The molecule has 1 heterocycles. The van der Waals surface area contributed by atoms with Crippen LogP contribution in [0.2, 0.25) is 0 Å². The molecule has 19 heavy (non-hydrogen) atoms. The zero-order chi connectivity index (χ0) is 13.7. The standard InChI is InChI=1S/C15H29N3O/c1-2-6-14(19)17-9-11-18(12-10-17)15(13-16)7-4-3-5-8-15/h2-13,16H2,1H3. The zero-order valence-corrected chi connectivity index (χ0v) is 12.4. The van der Waals surface area contributed by atoms with E-state index < -0.39 is 0 Å². The molecule has 1 saturated carbocycles. The quantitative estimate of drug-likeness (QED) is 0.841. The van der Waals surface area contributed by atoms with Gasteiger partial charge in [0.2, 0.25) is 5.91 Å². The molecule has 4 heteroatoms. The third kappa shape index (κ3) is 3.29. The molecule has 1 amide bonds. The van der Waals surface area contributed by atoms with Crippen LogP contribution in [0, 0.1) is 0 Å². The van der Waals surface area contributed by atoms with Crippen molar-refractivity contribution in [3.63, 3.8) is 0 Å². The van der Waals surface area contributed by atoms with E-state index in [9.17, 15) is 4.79 Å². The maximum atomic E-state index is 11.9. The lowest BCUT2D eigenvalue weighted by Gasteiger charge is -2.49. The van der Waals surface area contributed by atoms with Gasteiger partial charge in [-0.3, -0.25) is 9.69 Å². The van der Waals surface area contributed by atoms with Crippen molar-refractivity contribution in [1.29, 1.82) is 0 Å². The van der Waals surface area contributed by atoms with Gasteiger partial charge in [0.1, 0.15) is 0 Å². The number of carbonyl (C=O) groups is 1. The smallest absolute Gasteiger partial charge is 0.222 e. The number of carbonyl (C=O) groups excluding carboxylic acids is 1. The first-order valence-corrected chi connectivity index (χ1v) is 7.95. The van der Waals surface area contributed by atoms with Crippen LogP contribution >= 0.6 is 0 Å². The first-order chi connectivity index (χ1) is 9.22. The number of hydrogen-bond acceptors (Lipinski definition) is 3. The summed E-state index contributed by atoms with van der Waals surface area (Å²) in [6, 6.07) is 0. The SMILES string of the molecule is CCCC(=O)N1CCN(C2(CN)CCCCC2)CC1. The fraction of sp³-hybridized carbons (Fsp3) is 0.933. The summed E-state index contributed by atoms with van der Waals surface area (Å²) in [5.41, 5.74) is 6.32. The van der Waals surface area contributed by atoms with Crippen LogP contribution < -0.4 is 5.73 Å². The van der Waals surface area contributed by atoms with Crippen molar-refractivity contribution in [3.8, 4) is 0 Å². The number of nitrogens with two attached hydrogens (primary N) is 1. The predicted molar refractivity (Wildman–Crippen MR) is 77.9 cm³/mol. The molecule has 1 aliphatic heterocycles. The summed E-state index contributed by atoms with van der Waals surface area (Å²) in [7, 11) is 0. The number of amides is 1. The molecular weight excluding hydrogens is 238 g/mol. The van der Waals surface area contributed by atoms with Gasteiger partial charge in [0.15, 0.2) is 0 Å². The highest BCUT2D eigenvalue weighted by molar-refractivity contribution is 5.76. The minimum Gasteiger partial charge on any atom is -0.340 e.